The second-order valence-electron chi connectivity index (χ2n) is 18.6. The van der Waals surface area contributed by atoms with Gasteiger partial charge < -0.3 is 0 Å². The summed E-state index contributed by atoms with van der Waals surface area (Å²) in [6, 6.07) is 65.5. The molecule has 0 fully saturated rings. The van der Waals surface area contributed by atoms with E-state index in [-0.39, 0.29) is 7.25 Å². The Labute approximate surface area is 402 Å². The Kier molecular flexibility index (Phi) is 11.3. The number of hydrogen-bond acceptors (Lipinski definition) is 0. The van der Waals surface area contributed by atoms with Crippen molar-refractivity contribution in [1.29, 1.82) is 0 Å². The van der Waals surface area contributed by atoms with Gasteiger partial charge in [-0.3, -0.25) is 0 Å². The van der Waals surface area contributed by atoms with Crippen LogP contribution in [0, 0.1) is 0 Å². The zero-order valence-electron chi connectivity index (χ0n) is 38.3. The average Bonchev–Trinajstić information content (AvgIpc) is 4.09. The van der Waals surface area contributed by atoms with E-state index in [1.165, 1.54) is 114 Å². The molecule has 3 aliphatic rings. The van der Waals surface area contributed by atoms with Gasteiger partial charge in [-0.05, 0) is 0 Å². The Morgan fingerprint density at radius 2 is 0.833 bits per heavy atom. The molecule has 0 saturated carbocycles. The summed E-state index contributed by atoms with van der Waals surface area (Å²) in [7, 11) is 18.0. The molecular weight excluding hydrogens is 935 g/mol. The summed E-state index contributed by atoms with van der Waals surface area (Å²) < 4.78 is 1.01. The Hall–Kier alpha value is -5.08. The molecule has 8 aromatic rings. The van der Waals surface area contributed by atoms with Gasteiger partial charge in [-0.25, -0.2) is 0 Å². The maximum atomic E-state index is 9.48. The number of benzene rings is 8. The molecule has 0 aromatic heterocycles. The summed E-state index contributed by atoms with van der Waals surface area (Å²) in [6.45, 7) is 9.25. The van der Waals surface area contributed by atoms with Gasteiger partial charge in [0.15, 0.2) is 0 Å². The van der Waals surface area contributed by atoms with E-state index in [9.17, 15) is 17.0 Å². The van der Waals surface area contributed by atoms with Crippen molar-refractivity contribution < 1.29 is 16.4 Å². The maximum absolute atomic E-state index is 9.48. The first-order valence-corrected chi connectivity index (χ1v) is 35.9. The van der Waals surface area contributed by atoms with Crippen LogP contribution in [0.4, 0.5) is 0 Å². The molecule has 1 heterocycles. The first-order chi connectivity index (χ1) is 32.3. The van der Waals surface area contributed by atoms with Crippen LogP contribution in [0.25, 0.3) is 67.8 Å². The van der Waals surface area contributed by atoms with Gasteiger partial charge in [0, 0.05) is 0 Å². The van der Waals surface area contributed by atoms with E-state index in [2.05, 4.69) is 216 Å². The fourth-order valence-corrected chi connectivity index (χ4v) is 40.7. The number of hydrogen-bond donors (Lipinski definition) is 0. The molecule has 0 saturated heterocycles. The predicted molar refractivity (Wildman–Crippen MR) is 286 cm³/mol. The second kappa shape index (κ2) is 17.2. The molecule has 0 bridgehead atoms. The van der Waals surface area contributed by atoms with Gasteiger partial charge in [-0.2, -0.15) is 0 Å². The summed E-state index contributed by atoms with van der Waals surface area (Å²) in [6.07, 6.45) is 8.65. The van der Waals surface area contributed by atoms with E-state index in [0.29, 0.717) is 0 Å². The van der Waals surface area contributed by atoms with Gasteiger partial charge >= 0.3 is 405 Å². The SMILES string of the molecule is CCC1=Cc2c(ccc(CC)c2-c2ccccc2-c2ccccc2)[CH]1[Zr]([Cl])([Cl])([c]1cccc2c1[SiH2]c1ccccc1-2)[CH]1C(CC)=Cc2c1ccc(CC)c2-c1ccccc1-c1ccccc1. The van der Waals surface area contributed by atoms with Gasteiger partial charge in [0.25, 0.3) is 0 Å². The number of allylic oxidation sites excluding steroid dienone is 2. The summed E-state index contributed by atoms with van der Waals surface area (Å²) in [5, 5.41) is 2.95. The standard InChI is InChI=1S/2C25H23.C12H9Si.2ClH.Zr/c2*1-3-18-16-21-15-14-19(4-2)25(24(21)17-18)23-13-9-8-12-22(23)20-10-6-5-7-11-20;1-3-7-11-9(5-1)10-6-2-4-8-12(10)13-11;;;/h2*5-17H,3-4H2,1-2H3;1-7H,13H2;2*1H;/q;;;;;+2/p-2. The van der Waals surface area contributed by atoms with Gasteiger partial charge in [0.1, 0.15) is 0 Å². The third-order valence-electron chi connectivity index (χ3n) is 15.3. The number of fused-ring (bicyclic) bond motifs is 5. The van der Waals surface area contributed by atoms with Crippen molar-refractivity contribution in [2.45, 2.75) is 60.6 Å². The minimum atomic E-state index is -5.74. The van der Waals surface area contributed by atoms with Crippen LogP contribution in [0.15, 0.2) is 187 Å². The summed E-state index contributed by atoms with van der Waals surface area (Å²) >= 11 is -5.74. The molecule has 2 unspecified atom stereocenters. The van der Waals surface area contributed by atoms with Gasteiger partial charge in [-0.15, -0.1) is 0 Å². The summed E-state index contributed by atoms with van der Waals surface area (Å²) in [5.41, 5.74) is 23.5. The molecule has 325 valence electrons. The van der Waals surface area contributed by atoms with Crippen LogP contribution in [-0.2, 0) is 29.2 Å². The molecular formula is C62H55Cl2SiZr. The molecule has 0 N–H and O–H groups in total. The van der Waals surface area contributed by atoms with Crippen LogP contribution in [0.3, 0.4) is 0 Å². The van der Waals surface area contributed by atoms with Crippen LogP contribution in [0.5, 0.6) is 0 Å². The molecule has 0 amide bonds. The Morgan fingerprint density at radius 1 is 0.409 bits per heavy atom. The molecule has 0 nitrogen and oxygen atoms in total. The zero-order chi connectivity index (χ0) is 45.2. The van der Waals surface area contributed by atoms with Gasteiger partial charge in [0.2, 0.25) is 0 Å². The van der Waals surface area contributed by atoms with Crippen molar-refractivity contribution in [1.82, 2.24) is 0 Å². The van der Waals surface area contributed by atoms with Crippen LogP contribution >= 0.6 is 17.0 Å². The van der Waals surface area contributed by atoms with Crippen LogP contribution in [0.1, 0.15) is 81.2 Å². The molecule has 2 aliphatic carbocycles. The Bertz CT molecular complexity index is 3100. The van der Waals surface area contributed by atoms with Gasteiger partial charge in [0.05, 0.1) is 0 Å². The molecule has 8 aromatic carbocycles. The Morgan fingerprint density at radius 3 is 1.30 bits per heavy atom. The quantitative estimate of drug-likeness (QED) is 0.113. The van der Waals surface area contributed by atoms with Crippen molar-refractivity contribution in [2.24, 2.45) is 0 Å². The molecule has 4 heteroatoms. The van der Waals surface area contributed by atoms with Gasteiger partial charge in [-0.1, -0.05) is 0 Å². The molecule has 0 radical (unpaired) electrons. The normalized spacial score (nSPS) is 16.8. The number of aryl methyl sites for hydroxylation is 2. The van der Waals surface area contributed by atoms with Crippen molar-refractivity contribution in [3.8, 4) is 55.6 Å². The van der Waals surface area contributed by atoms with Crippen molar-refractivity contribution in [2.75, 3.05) is 0 Å². The molecule has 0 spiro atoms. The topological polar surface area (TPSA) is 0 Å². The van der Waals surface area contributed by atoms with Crippen LogP contribution in [-0.4, -0.2) is 9.52 Å². The average molecular weight is 990 g/mol. The van der Waals surface area contributed by atoms with E-state index in [1.54, 1.807) is 0 Å². The van der Waals surface area contributed by atoms with Crippen molar-refractivity contribution >= 4 is 52.3 Å². The third-order valence-corrected chi connectivity index (χ3v) is 38.1. The summed E-state index contributed by atoms with van der Waals surface area (Å²) in [4.78, 5) is 0. The van der Waals surface area contributed by atoms with E-state index in [1.807, 2.05) is 0 Å². The van der Waals surface area contributed by atoms with Crippen molar-refractivity contribution in [3.05, 3.63) is 220 Å². The van der Waals surface area contributed by atoms with E-state index in [0.717, 1.165) is 25.7 Å². The number of halogens is 2. The molecule has 66 heavy (non-hydrogen) atoms. The fourth-order valence-electron chi connectivity index (χ4n) is 12.4. The predicted octanol–water partition coefficient (Wildman–Crippen LogP) is 15.3. The number of rotatable bonds is 11. The zero-order valence-corrected chi connectivity index (χ0v) is 43.7. The Balaban J connectivity index is 1.21. The molecule has 2 atom stereocenters. The van der Waals surface area contributed by atoms with E-state index < -0.39 is 25.9 Å². The fraction of sp³-hybridized carbons (Fsp3) is 0.161. The summed E-state index contributed by atoms with van der Waals surface area (Å²) in [5.74, 6) is 0. The second-order valence-corrected chi connectivity index (χ2v) is 41.0. The first-order valence-electron chi connectivity index (χ1n) is 24.1. The molecule has 1 aliphatic heterocycles. The third kappa shape index (κ3) is 6.69. The van der Waals surface area contributed by atoms with E-state index in [4.69, 9.17) is 0 Å². The monoisotopic (exact) mass is 987 g/mol. The molecule has 11 rings (SSSR count). The minimum absolute atomic E-state index is 0.135. The van der Waals surface area contributed by atoms with E-state index >= 15 is 0 Å². The van der Waals surface area contributed by atoms with Crippen LogP contribution in [0.2, 0.25) is 0 Å². The van der Waals surface area contributed by atoms with Crippen LogP contribution < -0.4 is 13.6 Å². The van der Waals surface area contributed by atoms with Crippen molar-refractivity contribution in [3.63, 3.8) is 0 Å². The first kappa shape index (κ1) is 43.5.